The summed E-state index contributed by atoms with van der Waals surface area (Å²) in [4.78, 5) is 36.8. The number of nitrogens with zero attached hydrogens (tertiary/aromatic N) is 4. The molecular weight excluding hydrogens is 350 g/mol. The van der Waals surface area contributed by atoms with E-state index in [1.54, 1.807) is 29.2 Å². The van der Waals surface area contributed by atoms with Crippen molar-refractivity contribution < 1.29 is 19.5 Å². The van der Waals surface area contributed by atoms with E-state index in [4.69, 9.17) is 16.7 Å². The van der Waals surface area contributed by atoms with Crippen LogP contribution in [0.2, 0.25) is 5.02 Å². The Morgan fingerprint density at radius 1 is 1.32 bits per heavy atom. The number of rotatable bonds is 5. The molecule has 25 heavy (non-hydrogen) atoms. The fourth-order valence-corrected chi connectivity index (χ4v) is 2.68. The molecule has 1 fully saturated rings. The maximum Gasteiger partial charge on any atom is 0.358 e. The Balaban J connectivity index is 1.59. The van der Waals surface area contributed by atoms with Gasteiger partial charge in [0.05, 0.1) is 6.20 Å². The largest absolute Gasteiger partial charge is 0.476 e. The highest BCUT2D eigenvalue weighted by Gasteiger charge is 2.33. The molecule has 10 heteroatoms. The van der Waals surface area contributed by atoms with Crippen LogP contribution in [0.1, 0.15) is 16.9 Å². The molecule has 2 heterocycles. The highest BCUT2D eigenvalue weighted by molar-refractivity contribution is 6.30. The van der Waals surface area contributed by atoms with Crippen LogP contribution in [0.15, 0.2) is 30.5 Å². The van der Waals surface area contributed by atoms with Crippen molar-refractivity contribution in [1.29, 1.82) is 0 Å². The van der Waals surface area contributed by atoms with Gasteiger partial charge in [-0.05, 0) is 30.7 Å². The number of nitrogens with one attached hydrogen (secondary N) is 1. The van der Waals surface area contributed by atoms with Crippen molar-refractivity contribution in [2.24, 2.45) is 0 Å². The predicted octanol–water partition coefficient (Wildman–Crippen LogP) is 0.551. The number of hydrogen-bond acceptors (Lipinski definition) is 5. The van der Waals surface area contributed by atoms with E-state index in [1.165, 1.54) is 0 Å². The van der Waals surface area contributed by atoms with Gasteiger partial charge in [0, 0.05) is 17.3 Å². The van der Waals surface area contributed by atoms with E-state index >= 15 is 0 Å². The highest BCUT2D eigenvalue weighted by Crippen LogP contribution is 2.23. The molecule has 0 bridgehead atoms. The molecule has 0 aliphatic carbocycles. The van der Waals surface area contributed by atoms with E-state index < -0.39 is 17.9 Å². The molecule has 2 amide bonds. The van der Waals surface area contributed by atoms with Crippen molar-refractivity contribution in [3.8, 4) is 0 Å². The molecule has 1 unspecified atom stereocenters. The fourth-order valence-electron chi connectivity index (χ4n) is 2.55. The molecule has 1 aliphatic rings. The number of carboxylic acids is 1. The molecule has 130 valence electrons. The lowest BCUT2D eigenvalue weighted by atomic mass is 10.2. The zero-order valence-electron chi connectivity index (χ0n) is 12.9. The maximum atomic E-state index is 12.4. The van der Waals surface area contributed by atoms with E-state index in [9.17, 15) is 14.4 Å². The number of amides is 2. The van der Waals surface area contributed by atoms with Gasteiger partial charge < -0.3 is 15.3 Å². The van der Waals surface area contributed by atoms with E-state index in [0.29, 0.717) is 23.7 Å². The van der Waals surface area contributed by atoms with Gasteiger partial charge in [-0.3, -0.25) is 9.59 Å². The summed E-state index contributed by atoms with van der Waals surface area (Å²) in [6, 6.07) is 6.24. The molecular formula is C15H14ClN5O4. The molecule has 0 saturated carbocycles. The van der Waals surface area contributed by atoms with Crippen molar-refractivity contribution in [3.05, 3.63) is 41.2 Å². The minimum absolute atomic E-state index is 0.208. The summed E-state index contributed by atoms with van der Waals surface area (Å²) >= 11 is 5.84. The number of benzene rings is 1. The zero-order chi connectivity index (χ0) is 18.0. The van der Waals surface area contributed by atoms with Crippen LogP contribution in [0.5, 0.6) is 0 Å². The van der Waals surface area contributed by atoms with Gasteiger partial charge in [0.1, 0.15) is 12.6 Å². The van der Waals surface area contributed by atoms with Gasteiger partial charge in [-0.25, -0.2) is 9.48 Å². The van der Waals surface area contributed by atoms with Crippen LogP contribution in [-0.2, 0) is 16.1 Å². The van der Waals surface area contributed by atoms with Gasteiger partial charge >= 0.3 is 5.97 Å². The minimum atomic E-state index is -1.23. The first-order chi connectivity index (χ1) is 11.9. The number of hydrogen-bond donors (Lipinski definition) is 2. The van der Waals surface area contributed by atoms with Gasteiger partial charge in [0.15, 0.2) is 5.69 Å². The SMILES string of the molecule is O=C(Cn1cc(C(=O)O)nn1)NC1CCN(c2ccc(Cl)cc2)C1=O. The predicted molar refractivity (Wildman–Crippen MR) is 87.3 cm³/mol. The molecule has 1 aromatic heterocycles. The van der Waals surface area contributed by atoms with Crippen LogP contribution in [0, 0.1) is 0 Å². The van der Waals surface area contributed by atoms with Crippen LogP contribution in [0.25, 0.3) is 0 Å². The topological polar surface area (TPSA) is 117 Å². The minimum Gasteiger partial charge on any atom is -0.476 e. The lowest BCUT2D eigenvalue weighted by molar-refractivity contribution is -0.127. The molecule has 3 rings (SSSR count). The lowest BCUT2D eigenvalue weighted by Crippen LogP contribution is -2.42. The summed E-state index contributed by atoms with van der Waals surface area (Å²) in [5.74, 6) is -1.88. The Morgan fingerprint density at radius 3 is 2.68 bits per heavy atom. The third-order valence-corrected chi connectivity index (χ3v) is 3.99. The number of aromatic carboxylic acids is 1. The number of halogens is 1. The Labute approximate surface area is 147 Å². The number of carboxylic acid groups (broad SMARTS) is 1. The lowest BCUT2D eigenvalue weighted by Gasteiger charge is -2.17. The zero-order valence-corrected chi connectivity index (χ0v) is 13.7. The first-order valence-corrected chi connectivity index (χ1v) is 7.81. The standard InChI is InChI=1S/C15H14ClN5O4/c16-9-1-3-10(4-2-9)21-6-5-11(14(21)23)17-13(22)8-20-7-12(15(24)25)18-19-20/h1-4,7,11H,5-6,8H2,(H,17,22)(H,24,25). The van der Waals surface area contributed by atoms with Crippen molar-refractivity contribution >= 4 is 35.1 Å². The van der Waals surface area contributed by atoms with E-state index in [1.807, 2.05) is 0 Å². The molecule has 9 nitrogen and oxygen atoms in total. The van der Waals surface area contributed by atoms with E-state index in [0.717, 1.165) is 10.9 Å². The van der Waals surface area contributed by atoms with Gasteiger partial charge in [-0.15, -0.1) is 5.10 Å². The van der Waals surface area contributed by atoms with Crippen LogP contribution in [0.4, 0.5) is 5.69 Å². The Bertz CT molecular complexity index is 820. The number of carbonyl (C=O) groups is 3. The average Bonchev–Trinajstić information content (AvgIpc) is 3.16. The van der Waals surface area contributed by atoms with Crippen molar-refractivity contribution in [2.45, 2.75) is 19.0 Å². The molecule has 0 spiro atoms. The molecule has 1 saturated heterocycles. The molecule has 1 atom stereocenters. The summed E-state index contributed by atoms with van der Waals surface area (Å²) in [6.45, 7) is 0.267. The van der Waals surface area contributed by atoms with E-state index in [2.05, 4.69) is 15.6 Å². The van der Waals surface area contributed by atoms with Gasteiger partial charge in [-0.1, -0.05) is 16.8 Å². The van der Waals surface area contributed by atoms with Crippen LogP contribution >= 0.6 is 11.6 Å². The smallest absolute Gasteiger partial charge is 0.358 e. The highest BCUT2D eigenvalue weighted by atomic mass is 35.5. The summed E-state index contributed by atoms with van der Waals surface area (Å²) < 4.78 is 1.11. The molecule has 2 aromatic rings. The summed E-state index contributed by atoms with van der Waals surface area (Å²) in [6.07, 6.45) is 1.63. The molecule has 1 aliphatic heterocycles. The summed E-state index contributed by atoms with van der Waals surface area (Å²) in [5.41, 5.74) is 0.465. The first kappa shape index (κ1) is 16.9. The van der Waals surface area contributed by atoms with Crippen molar-refractivity contribution in [3.63, 3.8) is 0 Å². The van der Waals surface area contributed by atoms with Crippen LogP contribution in [-0.4, -0.2) is 50.5 Å². The number of aromatic nitrogens is 3. The second-order valence-corrected chi connectivity index (χ2v) is 5.92. The second kappa shape index (κ2) is 6.89. The monoisotopic (exact) mass is 363 g/mol. The molecule has 1 aromatic carbocycles. The van der Waals surface area contributed by atoms with Gasteiger partial charge in [-0.2, -0.15) is 0 Å². The van der Waals surface area contributed by atoms with Crippen molar-refractivity contribution in [1.82, 2.24) is 20.3 Å². The number of anilines is 1. The third kappa shape index (κ3) is 3.77. The number of carbonyl (C=O) groups excluding carboxylic acids is 2. The van der Waals surface area contributed by atoms with Crippen LogP contribution in [0.3, 0.4) is 0 Å². The Kier molecular flexibility index (Phi) is 4.66. The quantitative estimate of drug-likeness (QED) is 0.801. The summed E-state index contributed by atoms with van der Waals surface area (Å²) in [7, 11) is 0. The second-order valence-electron chi connectivity index (χ2n) is 5.48. The fraction of sp³-hybridized carbons (Fsp3) is 0.267. The molecule has 0 radical (unpaired) electrons. The Morgan fingerprint density at radius 2 is 2.04 bits per heavy atom. The maximum absolute atomic E-state index is 12.4. The third-order valence-electron chi connectivity index (χ3n) is 3.74. The van der Waals surface area contributed by atoms with Crippen LogP contribution < -0.4 is 10.2 Å². The van der Waals surface area contributed by atoms with Crippen molar-refractivity contribution in [2.75, 3.05) is 11.4 Å². The van der Waals surface area contributed by atoms with Gasteiger partial charge in [0.2, 0.25) is 11.8 Å². The Hall–Kier alpha value is -2.94. The molecule has 2 N–H and O–H groups in total. The average molecular weight is 364 g/mol. The normalized spacial score (nSPS) is 16.9. The van der Waals surface area contributed by atoms with E-state index in [-0.39, 0.29) is 18.1 Å². The first-order valence-electron chi connectivity index (χ1n) is 7.44. The van der Waals surface area contributed by atoms with Gasteiger partial charge in [0.25, 0.3) is 0 Å². The summed E-state index contributed by atoms with van der Waals surface area (Å²) in [5, 5.41) is 19.0.